The molecule has 0 aliphatic heterocycles. The number of carbonyl (C=O) groups is 3. The van der Waals surface area contributed by atoms with Crippen molar-refractivity contribution in [3.05, 3.63) is 24.0 Å². The molecule has 0 aliphatic rings. The van der Waals surface area contributed by atoms with Gasteiger partial charge < -0.3 is 15.2 Å². The van der Waals surface area contributed by atoms with Crippen LogP contribution >= 0.6 is 0 Å². The molecule has 0 spiro atoms. The van der Waals surface area contributed by atoms with Gasteiger partial charge in [0.1, 0.15) is 5.56 Å². The smallest absolute Gasteiger partial charge is 0.339 e. The number of ether oxygens (including phenoxy) is 1. The van der Waals surface area contributed by atoms with Crippen LogP contribution in [0.3, 0.4) is 0 Å². The number of carbonyl (C=O) groups excluding carboxylic acids is 2. The number of rotatable bonds is 7. The van der Waals surface area contributed by atoms with Crippen molar-refractivity contribution in [1.82, 2.24) is 10.3 Å². The number of Topliss-reactive ketones (excluding diaryl/α,β-unsaturated/α-hetero) is 1. The van der Waals surface area contributed by atoms with Crippen molar-refractivity contribution in [3.63, 3.8) is 0 Å². The Morgan fingerprint density at radius 3 is 2.57 bits per heavy atom. The second kappa shape index (κ2) is 7.37. The van der Waals surface area contributed by atoms with E-state index in [0.717, 1.165) is 0 Å². The van der Waals surface area contributed by atoms with Crippen LogP contribution < -0.4 is 10.1 Å². The van der Waals surface area contributed by atoms with E-state index in [2.05, 4.69) is 10.3 Å². The number of pyridine rings is 1. The van der Waals surface area contributed by atoms with Crippen LogP contribution in [-0.4, -0.2) is 40.4 Å². The lowest BCUT2D eigenvalue weighted by Gasteiger charge is -2.19. The summed E-state index contributed by atoms with van der Waals surface area (Å²) >= 11 is 0. The largest absolute Gasteiger partial charge is 0.481 e. The first kappa shape index (κ1) is 16.6. The van der Waals surface area contributed by atoms with Gasteiger partial charge in [-0.2, -0.15) is 0 Å². The van der Waals surface area contributed by atoms with Gasteiger partial charge in [0.2, 0.25) is 0 Å². The van der Waals surface area contributed by atoms with Crippen molar-refractivity contribution >= 4 is 17.7 Å². The summed E-state index contributed by atoms with van der Waals surface area (Å²) < 4.78 is 5.15. The molecular formula is C14H18N2O5. The van der Waals surface area contributed by atoms with E-state index >= 15 is 0 Å². The standard InChI is InChI=1S/C14H18N2O5/c1-8(2)13(9(3)17)16-12(18)7-21-11-6-15-5-4-10(11)14(19)20/h4-6,8,13H,7H2,1-3H3,(H,16,18)(H,19,20). The van der Waals surface area contributed by atoms with Crippen LogP contribution in [0, 0.1) is 5.92 Å². The second-order valence-electron chi connectivity index (χ2n) is 4.87. The number of hydrogen-bond donors (Lipinski definition) is 2. The second-order valence-corrected chi connectivity index (χ2v) is 4.87. The molecule has 0 aromatic carbocycles. The number of ketones is 1. The van der Waals surface area contributed by atoms with Crippen LogP contribution in [0.1, 0.15) is 31.1 Å². The minimum absolute atomic E-state index is 0.00377. The van der Waals surface area contributed by atoms with Gasteiger partial charge in [-0.05, 0) is 18.9 Å². The number of aromatic nitrogens is 1. The van der Waals surface area contributed by atoms with E-state index in [4.69, 9.17) is 9.84 Å². The van der Waals surface area contributed by atoms with Crippen LogP contribution in [0.2, 0.25) is 0 Å². The Morgan fingerprint density at radius 1 is 1.38 bits per heavy atom. The normalized spacial score (nSPS) is 11.8. The van der Waals surface area contributed by atoms with Crippen molar-refractivity contribution in [3.8, 4) is 5.75 Å². The minimum Gasteiger partial charge on any atom is -0.481 e. The minimum atomic E-state index is -1.17. The molecule has 114 valence electrons. The average Bonchev–Trinajstić information content (AvgIpc) is 2.42. The number of aromatic carboxylic acids is 1. The van der Waals surface area contributed by atoms with Crippen molar-refractivity contribution < 1.29 is 24.2 Å². The zero-order valence-corrected chi connectivity index (χ0v) is 12.1. The van der Waals surface area contributed by atoms with Gasteiger partial charge in [0.15, 0.2) is 18.1 Å². The van der Waals surface area contributed by atoms with Crippen LogP contribution in [0.4, 0.5) is 0 Å². The molecule has 0 radical (unpaired) electrons. The summed E-state index contributed by atoms with van der Waals surface area (Å²) in [6.07, 6.45) is 2.54. The van der Waals surface area contributed by atoms with Crippen LogP contribution in [0.15, 0.2) is 18.5 Å². The third-order valence-electron chi connectivity index (χ3n) is 2.79. The van der Waals surface area contributed by atoms with E-state index in [1.165, 1.54) is 25.4 Å². The Hall–Kier alpha value is -2.44. The third kappa shape index (κ3) is 4.87. The summed E-state index contributed by atoms with van der Waals surface area (Å²) in [6, 6.07) is 0.691. The summed E-state index contributed by atoms with van der Waals surface area (Å²) in [7, 11) is 0. The number of hydrogen-bond acceptors (Lipinski definition) is 5. The van der Waals surface area contributed by atoms with Crippen molar-refractivity contribution in [2.75, 3.05) is 6.61 Å². The fraction of sp³-hybridized carbons (Fsp3) is 0.429. The third-order valence-corrected chi connectivity index (χ3v) is 2.79. The predicted molar refractivity (Wildman–Crippen MR) is 74.1 cm³/mol. The fourth-order valence-electron chi connectivity index (χ4n) is 1.77. The Bertz CT molecular complexity index is 542. The maximum absolute atomic E-state index is 11.8. The topological polar surface area (TPSA) is 106 Å². The van der Waals surface area contributed by atoms with Crippen molar-refractivity contribution in [2.24, 2.45) is 5.92 Å². The average molecular weight is 294 g/mol. The summed E-state index contributed by atoms with van der Waals surface area (Å²) in [5.41, 5.74) is -0.0789. The lowest BCUT2D eigenvalue weighted by molar-refractivity contribution is -0.129. The van der Waals surface area contributed by atoms with E-state index in [9.17, 15) is 14.4 Å². The highest BCUT2D eigenvalue weighted by molar-refractivity contribution is 5.91. The number of carboxylic acids is 1. The summed E-state index contributed by atoms with van der Waals surface area (Å²) in [6.45, 7) is 4.64. The number of carboxylic acid groups (broad SMARTS) is 1. The molecule has 1 amide bonds. The van der Waals surface area contributed by atoms with Gasteiger partial charge in [0.25, 0.3) is 5.91 Å². The van der Waals surface area contributed by atoms with E-state index in [-0.39, 0.29) is 29.6 Å². The lowest BCUT2D eigenvalue weighted by atomic mass is 10.0. The van der Waals surface area contributed by atoms with Gasteiger partial charge in [-0.15, -0.1) is 0 Å². The molecule has 1 rings (SSSR count). The highest BCUT2D eigenvalue weighted by Crippen LogP contribution is 2.16. The van der Waals surface area contributed by atoms with E-state index in [1.54, 1.807) is 0 Å². The quantitative estimate of drug-likeness (QED) is 0.773. The monoisotopic (exact) mass is 294 g/mol. The molecule has 1 unspecified atom stereocenters. The molecule has 1 aromatic rings. The van der Waals surface area contributed by atoms with Gasteiger partial charge in [-0.1, -0.05) is 13.8 Å². The van der Waals surface area contributed by atoms with Crippen molar-refractivity contribution in [2.45, 2.75) is 26.8 Å². The molecule has 0 saturated carbocycles. The molecule has 1 atom stereocenters. The lowest BCUT2D eigenvalue weighted by Crippen LogP contribution is -2.45. The molecule has 0 aliphatic carbocycles. The molecule has 0 fully saturated rings. The van der Waals surface area contributed by atoms with Crippen LogP contribution in [0.25, 0.3) is 0 Å². The molecule has 21 heavy (non-hydrogen) atoms. The van der Waals surface area contributed by atoms with Crippen LogP contribution in [0.5, 0.6) is 5.75 Å². The number of nitrogens with zero attached hydrogens (tertiary/aromatic N) is 1. The fourth-order valence-corrected chi connectivity index (χ4v) is 1.77. The zero-order valence-electron chi connectivity index (χ0n) is 12.1. The molecule has 0 saturated heterocycles. The summed E-state index contributed by atoms with van der Waals surface area (Å²) in [5, 5.41) is 11.5. The van der Waals surface area contributed by atoms with Gasteiger partial charge in [-0.3, -0.25) is 14.6 Å². The molecule has 2 N–H and O–H groups in total. The molecular weight excluding hydrogens is 276 g/mol. The maximum Gasteiger partial charge on any atom is 0.339 e. The SMILES string of the molecule is CC(=O)C(NC(=O)COc1cnccc1C(=O)O)C(C)C. The first-order chi connectivity index (χ1) is 9.82. The molecule has 7 nitrogen and oxygen atoms in total. The Balaban J connectivity index is 2.65. The first-order valence-corrected chi connectivity index (χ1v) is 6.42. The van der Waals surface area contributed by atoms with Crippen LogP contribution in [-0.2, 0) is 9.59 Å². The highest BCUT2D eigenvalue weighted by Gasteiger charge is 2.21. The molecule has 1 aromatic heterocycles. The number of amides is 1. The maximum atomic E-state index is 11.8. The van der Waals surface area contributed by atoms with Gasteiger partial charge in [0, 0.05) is 6.20 Å². The zero-order chi connectivity index (χ0) is 16.0. The van der Waals surface area contributed by atoms with E-state index in [1.807, 2.05) is 13.8 Å². The molecule has 7 heteroatoms. The van der Waals surface area contributed by atoms with Crippen molar-refractivity contribution in [1.29, 1.82) is 0 Å². The first-order valence-electron chi connectivity index (χ1n) is 6.42. The molecule has 1 heterocycles. The highest BCUT2D eigenvalue weighted by atomic mass is 16.5. The number of nitrogens with one attached hydrogen (secondary N) is 1. The van der Waals surface area contributed by atoms with Gasteiger partial charge >= 0.3 is 5.97 Å². The van der Waals surface area contributed by atoms with Gasteiger partial charge in [0.05, 0.1) is 12.2 Å². The Kier molecular flexibility index (Phi) is 5.83. The van der Waals surface area contributed by atoms with Gasteiger partial charge in [-0.25, -0.2) is 4.79 Å². The molecule has 0 bridgehead atoms. The summed E-state index contributed by atoms with van der Waals surface area (Å²) in [4.78, 5) is 37.9. The Labute approximate surface area is 122 Å². The predicted octanol–water partition coefficient (Wildman–Crippen LogP) is 0.888. The van der Waals surface area contributed by atoms with E-state index in [0.29, 0.717) is 0 Å². The summed E-state index contributed by atoms with van der Waals surface area (Å²) in [5.74, 6) is -1.85. The Morgan fingerprint density at radius 2 is 2.05 bits per heavy atom. The van der Waals surface area contributed by atoms with E-state index < -0.39 is 17.9 Å².